The molecule has 1 fully saturated rings. The molecule has 0 radical (unpaired) electrons. The SMILES string of the molecule is COc1ccc(OCC(=O)NCC(=O)N2CCO[C@H](c3ccccc3)C2)cc1. The Morgan fingerprint density at radius 3 is 2.54 bits per heavy atom. The Hall–Kier alpha value is -3.06. The smallest absolute Gasteiger partial charge is 0.258 e. The van der Waals surface area contributed by atoms with Gasteiger partial charge in [0.1, 0.15) is 17.6 Å². The maximum atomic E-state index is 12.4. The van der Waals surface area contributed by atoms with Crippen LogP contribution in [0.15, 0.2) is 54.6 Å². The number of morpholine rings is 1. The molecule has 28 heavy (non-hydrogen) atoms. The van der Waals surface area contributed by atoms with E-state index in [1.165, 1.54) is 0 Å². The van der Waals surface area contributed by atoms with Crippen molar-refractivity contribution >= 4 is 11.8 Å². The quantitative estimate of drug-likeness (QED) is 0.788. The molecule has 0 bridgehead atoms. The highest BCUT2D eigenvalue weighted by Crippen LogP contribution is 2.21. The number of nitrogens with zero attached hydrogens (tertiary/aromatic N) is 1. The van der Waals surface area contributed by atoms with Gasteiger partial charge >= 0.3 is 0 Å². The minimum absolute atomic E-state index is 0.0632. The molecule has 1 saturated heterocycles. The van der Waals surface area contributed by atoms with Crippen LogP contribution < -0.4 is 14.8 Å². The van der Waals surface area contributed by atoms with Crippen LogP contribution in [-0.2, 0) is 14.3 Å². The summed E-state index contributed by atoms with van der Waals surface area (Å²) in [4.78, 5) is 26.1. The van der Waals surface area contributed by atoms with Crippen LogP contribution in [0.4, 0.5) is 0 Å². The standard InChI is InChI=1S/C21H24N2O5/c1-26-17-7-9-18(10-8-17)28-15-20(24)22-13-21(25)23-11-12-27-19(14-23)16-5-3-2-4-6-16/h2-10,19H,11-15H2,1H3,(H,22,24)/t19-/m0/s1. The number of rotatable bonds is 7. The van der Waals surface area contributed by atoms with E-state index in [0.29, 0.717) is 31.2 Å². The highest BCUT2D eigenvalue weighted by atomic mass is 16.5. The number of hydrogen-bond acceptors (Lipinski definition) is 5. The summed E-state index contributed by atoms with van der Waals surface area (Å²) >= 11 is 0. The molecule has 1 N–H and O–H groups in total. The van der Waals surface area contributed by atoms with Gasteiger partial charge in [-0.2, -0.15) is 0 Å². The second-order valence-corrected chi connectivity index (χ2v) is 6.35. The molecular weight excluding hydrogens is 360 g/mol. The van der Waals surface area contributed by atoms with Crippen molar-refractivity contribution in [2.75, 3.05) is 40.0 Å². The zero-order valence-corrected chi connectivity index (χ0v) is 15.8. The van der Waals surface area contributed by atoms with E-state index in [-0.39, 0.29) is 31.1 Å². The van der Waals surface area contributed by atoms with Crippen molar-refractivity contribution in [1.82, 2.24) is 10.2 Å². The van der Waals surface area contributed by atoms with Crippen LogP contribution >= 0.6 is 0 Å². The first-order chi connectivity index (χ1) is 13.7. The Labute approximate surface area is 164 Å². The van der Waals surface area contributed by atoms with Gasteiger partial charge in [-0.25, -0.2) is 0 Å². The van der Waals surface area contributed by atoms with E-state index in [1.807, 2.05) is 30.3 Å². The van der Waals surface area contributed by atoms with Gasteiger partial charge in [0, 0.05) is 6.54 Å². The molecule has 2 aromatic rings. The second-order valence-electron chi connectivity index (χ2n) is 6.35. The van der Waals surface area contributed by atoms with E-state index in [2.05, 4.69) is 5.32 Å². The minimum Gasteiger partial charge on any atom is -0.497 e. The van der Waals surface area contributed by atoms with Crippen molar-refractivity contribution in [3.05, 3.63) is 60.2 Å². The summed E-state index contributed by atoms with van der Waals surface area (Å²) in [7, 11) is 1.58. The molecule has 148 valence electrons. The predicted octanol–water partition coefficient (Wildman–Crippen LogP) is 1.79. The summed E-state index contributed by atoms with van der Waals surface area (Å²) in [6.45, 7) is 1.24. The van der Waals surface area contributed by atoms with Crippen LogP contribution in [0, 0.1) is 0 Å². The summed E-state index contributed by atoms with van der Waals surface area (Å²) in [5.74, 6) is 0.780. The van der Waals surface area contributed by atoms with Gasteiger partial charge in [-0.3, -0.25) is 9.59 Å². The zero-order valence-electron chi connectivity index (χ0n) is 15.8. The lowest BCUT2D eigenvalue weighted by atomic mass is 10.1. The molecule has 1 heterocycles. The van der Waals surface area contributed by atoms with Crippen LogP contribution in [0.2, 0.25) is 0 Å². The molecular formula is C21H24N2O5. The first kappa shape index (κ1) is 19.7. The van der Waals surface area contributed by atoms with Gasteiger partial charge in [-0.1, -0.05) is 30.3 Å². The van der Waals surface area contributed by atoms with Crippen molar-refractivity contribution < 1.29 is 23.8 Å². The second kappa shape index (κ2) is 9.75. The van der Waals surface area contributed by atoms with Crippen LogP contribution in [-0.4, -0.2) is 56.7 Å². The monoisotopic (exact) mass is 384 g/mol. The van der Waals surface area contributed by atoms with Gasteiger partial charge in [0.25, 0.3) is 5.91 Å². The molecule has 2 amide bonds. The Bertz CT molecular complexity index is 779. The summed E-state index contributed by atoms with van der Waals surface area (Å²) in [5, 5.41) is 2.61. The molecule has 7 heteroatoms. The van der Waals surface area contributed by atoms with E-state index in [4.69, 9.17) is 14.2 Å². The van der Waals surface area contributed by atoms with E-state index in [9.17, 15) is 9.59 Å². The number of amides is 2. The number of nitrogens with one attached hydrogen (secondary N) is 1. The third-order valence-corrected chi connectivity index (χ3v) is 4.46. The molecule has 7 nitrogen and oxygen atoms in total. The lowest BCUT2D eigenvalue weighted by Gasteiger charge is -2.33. The summed E-state index contributed by atoms with van der Waals surface area (Å²) in [6.07, 6.45) is -0.145. The number of methoxy groups -OCH3 is 1. The van der Waals surface area contributed by atoms with E-state index < -0.39 is 0 Å². The fraction of sp³-hybridized carbons (Fsp3) is 0.333. The number of ether oxygens (including phenoxy) is 3. The van der Waals surface area contributed by atoms with Crippen molar-refractivity contribution in [1.29, 1.82) is 0 Å². The van der Waals surface area contributed by atoms with Gasteiger partial charge in [0.2, 0.25) is 5.91 Å². The van der Waals surface area contributed by atoms with Gasteiger partial charge in [-0.15, -0.1) is 0 Å². The molecule has 3 rings (SSSR count). The third kappa shape index (κ3) is 5.47. The third-order valence-electron chi connectivity index (χ3n) is 4.46. The number of carbonyl (C=O) groups excluding carboxylic acids is 2. The Kier molecular flexibility index (Phi) is 6.86. The summed E-state index contributed by atoms with van der Waals surface area (Å²) in [6, 6.07) is 16.7. The van der Waals surface area contributed by atoms with Gasteiger partial charge in [-0.05, 0) is 29.8 Å². The highest BCUT2D eigenvalue weighted by molar-refractivity contribution is 5.85. The van der Waals surface area contributed by atoms with Crippen molar-refractivity contribution in [3.63, 3.8) is 0 Å². The molecule has 0 aromatic heterocycles. The molecule has 1 atom stereocenters. The Balaban J connectivity index is 1.42. The Morgan fingerprint density at radius 1 is 1.11 bits per heavy atom. The average Bonchev–Trinajstić information content (AvgIpc) is 2.77. The molecule has 0 spiro atoms. The molecule has 0 unspecified atom stereocenters. The highest BCUT2D eigenvalue weighted by Gasteiger charge is 2.25. The topological polar surface area (TPSA) is 77.1 Å². The number of benzene rings is 2. The lowest BCUT2D eigenvalue weighted by Crippen LogP contribution is -2.47. The average molecular weight is 384 g/mol. The fourth-order valence-electron chi connectivity index (χ4n) is 2.90. The van der Waals surface area contributed by atoms with Crippen LogP contribution in [0.25, 0.3) is 0 Å². The maximum absolute atomic E-state index is 12.4. The molecule has 1 aliphatic heterocycles. The van der Waals surface area contributed by atoms with Crippen LogP contribution in [0.1, 0.15) is 11.7 Å². The normalized spacial score (nSPS) is 16.3. The van der Waals surface area contributed by atoms with E-state index in [0.717, 1.165) is 5.56 Å². The van der Waals surface area contributed by atoms with Crippen molar-refractivity contribution in [3.8, 4) is 11.5 Å². The van der Waals surface area contributed by atoms with Gasteiger partial charge in [0.15, 0.2) is 6.61 Å². The molecule has 2 aromatic carbocycles. The Morgan fingerprint density at radius 2 is 1.82 bits per heavy atom. The van der Waals surface area contributed by atoms with Crippen molar-refractivity contribution in [2.24, 2.45) is 0 Å². The zero-order chi connectivity index (χ0) is 19.8. The maximum Gasteiger partial charge on any atom is 0.258 e. The first-order valence-corrected chi connectivity index (χ1v) is 9.13. The predicted molar refractivity (Wildman–Crippen MR) is 103 cm³/mol. The van der Waals surface area contributed by atoms with Gasteiger partial charge in [0.05, 0.1) is 26.8 Å². The summed E-state index contributed by atoms with van der Waals surface area (Å²) in [5.41, 5.74) is 1.04. The molecule has 0 aliphatic carbocycles. The van der Waals surface area contributed by atoms with Crippen LogP contribution in [0.3, 0.4) is 0 Å². The first-order valence-electron chi connectivity index (χ1n) is 9.13. The van der Waals surface area contributed by atoms with E-state index in [1.54, 1.807) is 36.3 Å². The fourth-order valence-corrected chi connectivity index (χ4v) is 2.90. The van der Waals surface area contributed by atoms with Crippen LogP contribution in [0.5, 0.6) is 11.5 Å². The lowest BCUT2D eigenvalue weighted by molar-refractivity contribution is -0.139. The number of carbonyl (C=O) groups is 2. The van der Waals surface area contributed by atoms with E-state index >= 15 is 0 Å². The van der Waals surface area contributed by atoms with Gasteiger partial charge < -0.3 is 24.4 Å². The molecule has 1 aliphatic rings. The van der Waals surface area contributed by atoms with Crippen molar-refractivity contribution in [2.45, 2.75) is 6.10 Å². The molecule has 0 saturated carbocycles. The minimum atomic E-state index is -0.350. The number of hydrogen-bond donors (Lipinski definition) is 1. The summed E-state index contributed by atoms with van der Waals surface area (Å²) < 4.78 is 16.2. The largest absolute Gasteiger partial charge is 0.497 e.